The number of halogens is 2. The number of fused-ring (bicyclic) bond motifs is 4. The molecule has 4 aromatic rings. The van der Waals surface area contributed by atoms with E-state index in [2.05, 4.69) is 34.9 Å². The van der Waals surface area contributed by atoms with Crippen LogP contribution in [0.25, 0.3) is 10.8 Å². The maximum atomic E-state index is 13.5. The van der Waals surface area contributed by atoms with Crippen molar-refractivity contribution in [2.75, 3.05) is 10.6 Å². The van der Waals surface area contributed by atoms with E-state index in [0.29, 0.717) is 21.5 Å². The maximum absolute atomic E-state index is 13.5. The molecule has 0 saturated heterocycles. The molecule has 34 heavy (non-hydrogen) atoms. The van der Waals surface area contributed by atoms with Crippen molar-refractivity contribution in [3.63, 3.8) is 0 Å². The van der Waals surface area contributed by atoms with Crippen molar-refractivity contribution in [1.29, 1.82) is 0 Å². The molecule has 1 aliphatic carbocycles. The molecule has 3 unspecified atom stereocenters. The Hall–Kier alpha value is -3.27. The summed E-state index contributed by atoms with van der Waals surface area (Å²) < 4.78 is 0. The van der Waals surface area contributed by atoms with Gasteiger partial charge in [0.25, 0.3) is 5.91 Å². The molecule has 1 heterocycles. The van der Waals surface area contributed by atoms with Crippen LogP contribution in [0.4, 0.5) is 11.4 Å². The van der Waals surface area contributed by atoms with Gasteiger partial charge in [-0.05, 0) is 64.6 Å². The van der Waals surface area contributed by atoms with Crippen LogP contribution in [0.2, 0.25) is 10.0 Å². The first kappa shape index (κ1) is 21.3. The summed E-state index contributed by atoms with van der Waals surface area (Å²) in [5.74, 6) is 0.410. The van der Waals surface area contributed by atoms with E-state index in [4.69, 9.17) is 23.2 Å². The number of amides is 1. The van der Waals surface area contributed by atoms with Crippen molar-refractivity contribution in [1.82, 2.24) is 0 Å². The molecule has 2 N–H and O–H groups in total. The van der Waals surface area contributed by atoms with E-state index < -0.39 is 0 Å². The normalized spacial score (nSPS) is 20.5. The Bertz CT molecular complexity index is 1460. The predicted octanol–water partition coefficient (Wildman–Crippen LogP) is 8.23. The Morgan fingerprint density at radius 3 is 2.59 bits per heavy atom. The number of para-hydroxylation sites is 1. The first-order chi connectivity index (χ1) is 16.6. The molecule has 4 aromatic carbocycles. The fourth-order valence-electron chi connectivity index (χ4n) is 5.34. The lowest BCUT2D eigenvalue weighted by Crippen LogP contribution is -2.31. The van der Waals surface area contributed by atoms with E-state index in [1.165, 1.54) is 0 Å². The summed E-state index contributed by atoms with van der Waals surface area (Å²) in [4.78, 5) is 13.5. The third-order valence-electron chi connectivity index (χ3n) is 6.95. The lowest BCUT2D eigenvalue weighted by Gasteiger charge is -2.38. The van der Waals surface area contributed by atoms with Crippen molar-refractivity contribution in [2.24, 2.45) is 5.92 Å². The van der Waals surface area contributed by atoms with Crippen molar-refractivity contribution in [2.45, 2.75) is 18.4 Å². The Morgan fingerprint density at radius 1 is 0.882 bits per heavy atom. The van der Waals surface area contributed by atoms with Crippen LogP contribution in [-0.4, -0.2) is 5.91 Å². The second-order valence-electron chi connectivity index (χ2n) is 8.93. The van der Waals surface area contributed by atoms with Gasteiger partial charge in [0.1, 0.15) is 0 Å². The predicted molar refractivity (Wildman–Crippen MR) is 141 cm³/mol. The van der Waals surface area contributed by atoms with Crippen LogP contribution in [0.5, 0.6) is 0 Å². The van der Waals surface area contributed by atoms with Gasteiger partial charge < -0.3 is 10.6 Å². The molecule has 1 amide bonds. The number of carbonyl (C=O) groups excluding carboxylic acids is 1. The van der Waals surface area contributed by atoms with Gasteiger partial charge >= 0.3 is 0 Å². The molecule has 5 heteroatoms. The number of hydrogen-bond acceptors (Lipinski definition) is 2. The summed E-state index contributed by atoms with van der Waals surface area (Å²) in [6, 6.07) is 25.7. The molecular formula is C29H22Cl2N2O. The molecule has 0 fully saturated rings. The highest BCUT2D eigenvalue weighted by molar-refractivity contribution is 6.35. The summed E-state index contributed by atoms with van der Waals surface area (Å²) >= 11 is 12.8. The zero-order valence-electron chi connectivity index (χ0n) is 18.3. The van der Waals surface area contributed by atoms with Gasteiger partial charge in [0.15, 0.2) is 0 Å². The molecule has 168 valence electrons. The summed E-state index contributed by atoms with van der Waals surface area (Å²) in [5.41, 5.74) is 4.41. The maximum Gasteiger partial charge on any atom is 0.257 e. The van der Waals surface area contributed by atoms with Crippen molar-refractivity contribution >= 4 is 51.3 Å². The molecular weight excluding hydrogens is 463 g/mol. The lowest BCUT2D eigenvalue weighted by atomic mass is 9.76. The van der Waals surface area contributed by atoms with Gasteiger partial charge in [-0.1, -0.05) is 83.9 Å². The zero-order chi connectivity index (χ0) is 23.2. The molecule has 2 aliphatic rings. The highest BCUT2D eigenvalue weighted by Gasteiger charge is 2.40. The van der Waals surface area contributed by atoms with Crippen LogP contribution in [0.15, 0.2) is 91.0 Å². The SMILES string of the molecule is O=C(Nc1ccc2ccccc2c1)c1cccc2c1NC(c1ccc(Cl)cc1Cl)C1CC=CC21. The minimum atomic E-state index is -0.138. The molecule has 3 nitrogen and oxygen atoms in total. The van der Waals surface area contributed by atoms with Crippen LogP contribution in [-0.2, 0) is 0 Å². The Kier molecular flexibility index (Phi) is 5.32. The fraction of sp³-hybridized carbons (Fsp3) is 0.138. The van der Waals surface area contributed by atoms with Crippen molar-refractivity contribution < 1.29 is 4.79 Å². The minimum absolute atomic E-state index is 0.0214. The van der Waals surface area contributed by atoms with Crippen LogP contribution < -0.4 is 10.6 Å². The average Bonchev–Trinajstić information content (AvgIpc) is 3.34. The van der Waals surface area contributed by atoms with E-state index in [0.717, 1.165) is 39.7 Å². The number of allylic oxidation sites excluding steroid dienone is 2. The summed E-state index contributed by atoms with van der Waals surface area (Å²) in [6.07, 6.45) is 5.44. The lowest BCUT2D eigenvalue weighted by molar-refractivity contribution is 0.102. The third kappa shape index (κ3) is 3.66. The summed E-state index contributed by atoms with van der Waals surface area (Å²) in [6.45, 7) is 0. The Labute approximate surface area is 208 Å². The smallest absolute Gasteiger partial charge is 0.257 e. The van der Waals surface area contributed by atoms with Gasteiger partial charge in [-0.3, -0.25) is 4.79 Å². The van der Waals surface area contributed by atoms with Crippen molar-refractivity contribution in [3.05, 3.63) is 118 Å². The highest BCUT2D eigenvalue weighted by atomic mass is 35.5. The van der Waals surface area contributed by atoms with Gasteiger partial charge in [-0.2, -0.15) is 0 Å². The van der Waals surface area contributed by atoms with E-state index in [9.17, 15) is 4.79 Å². The van der Waals surface area contributed by atoms with E-state index in [1.54, 1.807) is 6.07 Å². The molecule has 0 saturated carbocycles. The topological polar surface area (TPSA) is 41.1 Å². The second kappa shape index (κ2) is 8.50. The number of benzene rings is 4. The number of carbonyl (C=O) groups is 1. The molecule has 0 spiro atoms. The first-order valence-electron chi connectivity index (χ1n) is 11.4. The summed E-state index contributed by atoms with van der Waals surface area (Å²) in [5, 5.41) is 10.3. The monoisotopic (exact) mass is 484 g/mol. The van der Waals surface area contributed by atoms with Crippen LogP contribution >= 0.6 is 23.2 Å². The van der Waals surface area contributed by atoms with Gasteiger partial charge in [0.2, 0.25) is 0 Å². The first-order valence-corrected chi connectivity index (χ1v) is 12.2. The molecule has 0 bridgehead atoms. The van der Waals surface area contributed by atoms with Gasteiger partial charge in [0.05, 0.1) is 17.3 Å². The van der Waals surface area contributed by atoms with Crippen LogP contribution in [0.1, 0.15) is 39.9 Å². The van der Waals surface area contributed by atoms with Gasteiger partial charge in [-0.25, -0.2) is 0 Å². The average molecular weight is 485 g/mol. The largest absolute Gasteiger partial charge is 0.377 e. The number of hydrogen-bond donors (Lipinski definition) is 2. The zero-order valence-corrected chi connectivity index (χ0v) is 19.8. The molecule has 0 radical (unpaired) electrons. The number of rotatable bonds is 3. The van der Waals surface area contributed by atoms with E-state index in [1.807, 2.05) is 60.7 Å². The van der Waals surface area contributed by atoms with Gasteiger partial charge in [-0.15, -0.1) is 0 Å². The van der Waals surface area contributed by atoms with Crippen LogP contribution in [0.3, 0.4) is 0 Å². The molecule has 0 aromatic heterocycles. The molecule has 6 rings (SSSR count). The molecule has 3 atom stereocenters. The third-order valence-corrected chi connectivity index (χ3v) is 7.51. The summed E-state index contributed by atoms with van der Waals surface area (Å²) in [7, 11) is 0. The fourth-order valence-corrected chi connectivity index (χ4v) is 5.86. The second-order valence-corrected chi connectivity index (χ2v) is 9.77. The standard InChI is InChI=1S/C29H22Cl2N2O/c30-19-12-14-24(26(31)16-19)27-22-8-3-7-21(22)23-9-4-10-25(28(23)33-27)29(34)32-20-13-11-17-5-1-2-6-18(17)15-20/h1-7,9-16,21-22,27,33H,8H2,(H,32,34). The van der Waals surface area contributed by atoms with E-state index >= 15 is 0 Å². The highest BCUT2D eigenvalue weighted by Crippen LogP contribution is 2.51. The Morgan fingerprint density at radius 2 is 1.74 bits per heavy atom. The number of nitrogens with one attached hydrogen (secondary N) is 2. The van der Waals surface area contributed by atoms with E-state index in [-0.39, 0.29) is 17.9 Å². The van der Waals surface area contributed by atoms with Crippen LogP contribution in [0, 0.1) is 5.92 Å². The van der Waals surface area contributed by atoms with Gasteiger partial charge in [0, 0.05) is 21.7 Å². The van der Waals surface area contributed by atoms with Crippen molar-refractivity contribution in [3.8, 4) is 0 Å². The quantitative estimate of drug-likeness (QED) is 0.287. The number of anilines is 2. The Balaban J connectivity index is 1.37. The minimum Gasteiger partial charge on any atom is -0.377 e. The molecule has 1 aliphatic heterocycles.